The molecule has 1 aromatic rings. The second-order valence-corrected chi connectivity index (χ2v) is 3.36. The molecule has 0 fully saturated rings. The fourth-order valence-electron chi connectivity index (χ4n) is 1.29. The summed E-state index contributed by atoms with van der Waals surface area (Å²) in [5.74, 6) is -12.6. The molecule has 106 valence electrons. The monoisotopic (exact) mass is 291 g/mol. The van der Waals surface area contributed by atoms with Crippen LogP contribution in [0.2, 0.25) is 0 Å². The minimum atomic E-state index is -5.69. The summed E-state index contributed by atoms with van der Waals surface area (Å²) < 4.78 is 89.2. The molecule has 0 saturated carbocycles. The molecule has 0 heterocycles. The average molecular weight is 291 g/mol. The Balaban J connectivity index is 3.71. The van der Waals surface area contributed by atoms with Crippen molar-refractivity contribution < 1.29 is 40.6 Å². The zero-order valence-corrected chi connectivity index (χ0v) is 8.66. The van der Waals surface area contributed by atoms with E-state index < -0.39 is 52.6 Å². The highest BCUT2D eigenvalue weighted by molar-refractivity contribution is 5.75. The van der Waals surface area contributed by atoms with Crippen LogP contribution < -0.4 is 5.73 Å². The van der Waals surface area contributed by atoms with Crippen molar-refractivity contribution in [3.63, 3.8) is 0 Å². The number of carbonyl (C=O) groups is 1. The van der Waals surface area contributed by atoms with Crippen LogP contribution >= 0.6 is 0 Å². The zero-order chi connectivity index (χ0) is 15.1. The molecule has 0 spiro atoms. The first-order chi connectivity index (χ1) is 8.50. The number of rotatable bonds is 2. The second-order valence-electron chi connectivity index (χ2n) is 3.36. The Morgan fingerprint density at radius 1 is 1.00 bits per heavy atom. The lowest BCUT2D eigenvalue weighted by Gasteiger charge is -2.15. The molecule has 1 atom stereocenters. The maximum atomic E-state index is 13.2. The fourth-order valence-corrected chi connectivity index (χ4v) is 1.29. The SMILES string of the molecule is NC(C(=O)O)c1c(F)c(F)c(C(F)(F)F)c(F)c1F. The summed E-state index contributed by atoms with van der Waals surface area (Å²) in [6, 6.07) is -2.55. The van der Waals surface area contributed by atoms with Gasteiger partial charge in [-0.1, -0.05) is 0 Å². The van der Waals surface area contributed by atoms with Gasteiger partial charge in [0, 0.05) is 0 Å². The van der Waals surface area contributed by atoms with Crippen molar-refractivity contribution in [3.8, 4) is 0 Å². The highest BCUT2D eigenvalue weighted by Crippen LogP contribution is 2.37. The van der Waals surface area contributed by atoms with Crippen LogP contribution in [-0.4, -0.2) is 11.1 Å². The molecule has 0 aliphatic rings. The molecule has 0 radical (unpaired) electrons. The molecule has 3 N–H and O–H groups in total. The number of aliphatic carboxylic acids is 1. The summed E-state index contributed by atoms with van der Waals surface area (Å²) in [4.78, 5) is 10.4. The zero-order valence-electron chi connectivity index (χ0n) is 8.66. The minimum Gasteiger partial charge on any atom is -0.480 e. The first-order valence-corrected chi connectivity index (χ1v) is 4.41. The number of carboxylic acids is 1. The van der Waals surface area contributed by atoms with Crippen molar-refractivity contribution in [1.29, 1.82) is 0 Å². The van der Waals surface area contributed by atoms with Crippen LogP contribution in [0.4, 0.5) is 30.7 Å². The van der Waals surface area contributed by atoms with Gasteiger partial charge in [-0.05, 0) is 0 Å². The summed E-state index contributed by atoms with van der Waals surface area (Å²) in [6.45, 7) is 0. The molecule has 10 heteroatoms. The topological polar surface area (TPSA) is 63.3 Å². The molecule has 3 nitrogen and oxygen atoms in total. The molecule has 0 aromatic heterocycles. The van der Waals surface area contributed by atoms with Crippen molar-refractivity contribution in [3.05, 3.63) is 34.4 Å². The van der Waals surface area contributed by atoms with E-state index in [1.54, 1.807) is 0 Å². The van der Waals surface area contributed by atoms with Gasteiger partial charge in [-0.25, -0.2) is 17.6 Å². The summed E-state index contributed by atoms with van der Waals surface area (Å²) in [5, 5.41) is 8.37. The predicted octanol–water partition coefficient (Wildman–Crippen LogP) is 2.35. The molecular weight excluding hydrogens is 287 g/mol. The highest BCUT2D eigenvalue weighted by Gasteiger charge is 2.43. The lowest BCUT2D eigenvalue weighted by atomic mass is 10.0. The molecular formula is C9H4F7NO2. The van der Waals surface area contributed by atoms with Gasteiger partial charge in [0.05, 0.1) is 5.56 Å². The van der Waals surface area contributed by atoms with E-state index in [1.807, 2.05) is 0 Å². The van der Waals surface area contributed by atoms with E-state index in [-0.39, 0.29) is 0 Å². The molecule has 0 amide bonds. The number of benzene rings is 1. The van der Waals surface area contributed by atoms with Crippen molar-refractivity contribution >= 4 is 5.97 Å². The Kier molecular flexibility index (Phi) is 3.75. The van der Waals surface area contributed by atoms with Gasteiger partial charge in [0.2, 0.25) is 0 Å². The maximum absolute atomic E-state index is 13.2. The van der Waals surface area contributed by atoms with E-state index in [1.165, 1.54) is 0 Å². The lowest BCUT2D eigenvalue weighted by molar-refractivity contribution is -0.143. The summed E-state index contributed by atoms with van der Waals surface area (Å²) in [7, 11) is 0. The van der Waals surface area contributed by atoms with Crippen LogP contribution in [0.5, 0.6) is 0 Å². The Morgan fingerprint density at radius 3 is 1.63 bits per heavy atom. The Morgan fingerprint density at radius 2 is 1.37 bits per heavy atom. The fraction of sp³-hybridized carbons (Fsp3) is 0.222. The van der Waals surface area contributed by atoms with Crippen LogP contribution in [-0.2, 0) is 11.0 Å². The number of carboxylic acid groups (broad SMARTS) is 1. The van der Waals surface area contributed by atoms with Crippen molar-refractivity contribution in [2.45, 2.75) is 12.2 Å². The van der Waals surface area contributed by atoms with E-state index in [0.717, 1.165) is 0 Å². The van der Waals surface area contributed by atoms with Crippen LogP contribution in [0, 0.1) is 23.3 Å². The Labute approximate surface area is 100.0 Å². The summed E-state index contributed by atoms with van der Waals surface area (Å²) >= 11 is 0. The quantitative estimate of drug-likeness (QED) is 0.649. The summed E-state index contributed by atoms with van der Waals surface area (Å²) in [5.41, 5.74) is 0.131. The van der Waals surface area contributed by atoms with Crippen molar-refractivity contribution in [2.75, 3.05) is 0 Å². The van der Waals surface area contributed by atoms with Gasteiger partial charge in [0.1, 0.15) is 11.6 Å². The van der Waals surface area contributed by atoms with Crippen LogP contribution in [0.1, 0.15) is 17.2 Å². The minimum absolute atomic E-state index is 1.82. The maximum Gasteiger partial charge on any atom is 0.422 e. The van der Waals surface area contributed by atoms with Crippen LogP contribution in [0.15, 0.2) is 0 Å². The van der Waals surface area contributed by atoms with E-state index in [0.29, 0.717) is 0 Å². The molecule has 0 aliphatic heterocycles. The van der Waals surface area contributed by atoms with E-state index in [2.05, 4.69) is 0 Å². The van der Waals surface area contributed by atoms with Gasteiger partial charge in [-0.3, -0.25) is 4.79 Å². The Bertz CT molecular complexity index is 511. The third-order valence-electron chi connectivity index (χ3n) is 2.16. The van der Waals surface area contributed by atoms with Gasteiger partial charge in [-0.15, -0.1) is 0 Å². The van der Waals surface area contributed by atoms with Crippen LogP contribution in [0.3, 0.4) is 0 Å². The average Bonchev–Trinajstić information content (AvgIpc) is 2.24. The van der Waals surface area contributed by atoms with Gasteiger partial charge >= 0.3 is 12.1 Å². The van der Waals surface area contributed by atoms with Gasteiger partial charge in [-0.2, -0.15) is 13.2 Å². The number of hydrogen-bond donors (Lipinski definition) is 2. The van der Waals surface area contributed by atoms with E-state index >= 15 is 0 Å². The molecule has 19 heavy (non-hydrogen) atoms. The third kappa shape index (κ3) is 2.48. The molecule has 1 unspecified atom stereocenters. The number of halogens is 7. The van der Waals surface area contributed by atoms with Gasteiger partial charge in [0.25, 0.3) is 0 Å². The molecule has 1 rings (SSSR count). The number of alkyl halides is 3. The highest BCUT2D eigenvalue weighted by atomic mass is 19.4. The van der Waals surface area contributed by atoms with Gasteiger partial charge in [0.15, 0.2) is 23.3 Å². The van der Waals surface area contributed by atoms with E-state index in [4.69, 9.17) is 10.8 Å². The summed E-state index contributed by atoms with van der Waals surface area (Å²) in [6.07, 6.45) is -5.69. The first kappa shape index (κ1) is 15.2. The molecule has 0 bridgehead atoms. The first-order valence-electron chi connectivity index (χ1n) is 4.41. The molecule has 0 saturated heterocycles. The van der Waals surface area contributed by atoms with E-state index in [9.17, 15) is 35.5 Å². The molecule has 1 aromatic carbocycles. The largest absolute Gasteiger partial charge is 0.480 e. The lowest BCUT2D eigenvalue weighted by Crippen LogP contribution is -2.26. The molecule has 0 aliphatic carbocycles. The number of nitrogens with two attached hydrogens (primary N) is 1. The normalized spacial score (nSPS) is 13.5. The number of hydrogen-bond acceptors (Lipinski definition) is 2. The smallest absolute Gasteiger partial charge is 0.422 e. The third-order valence-corrected chi connectivity index (χ3v) is 2.16. The Hall–Kier alpha value is -1.84. The van der Waals surface area contributed by atoms with Gasteiger partial charge < -0.3 is 10.8 Å². The second kappa shape index (κ2) is 4.68. The van der Waals surface area contributed by atoms with Crippen molar-refractivity contribution in [2.24, 2.45) is 5.73 Å². The standard InChI is InChI=1S/C9H4F7NO2/c10-3-1(7(17)8(18)19)4(11)6(13)2(5(3)12)9(14,15)16/h7H,17H2,(H,18,19). The van der Waals surface area contributed by atoms with Crippen molar-refractivity contribution in [1.82, 2.24) is 0 Å². The predicted molar refractivity (Wildman–Crippen MR) is 45.8 cm³/mol. The van der Waals surface area contributed by atoms with Crippen LogP contribution in [0.25, 0.3) is 0 Å².